The minimum absolute atomic E-state index is 0.322. The predicted octanol–water partition coefficient (Wildman–Crippen LogP) is 3.37. The van der Waals surface area contributed by atoms with Gasteiger partial charge in [0.15, 0.2) is 0 Å². The summed E-state index contributed by atoms with van der Waals surface area (Å²) < 4.78 is 39.1. The van der Waals surface area contributed by atoms with Crippen LogP contribution in [0.25, 0.3) is 0 Å². The molecule has 136 valence electrons. The highest BCUT2D eigenvalue weighted by Crippen LogP contribution is 2.39. The highest BCUT2D eigenvalue weighted by Gasteiger charge is 2.35. The van der Waals surface area contributed by atoms with E-state index in [2.05, 4.69) is 20.3 Å². The number of aliphatic imine (C=N–C) groups is 1. The molecule has 1 saturated heterocycles. The molecule has 3 rings (SSSR count). The van der Waals surface area contributed by atoms with Crippen LogP contribution in [0.1, 0.15) is 37.4 Å². The van der Waals surface area contributed by atoms with Gasteiger partial charge in [0.05, 0.1) is 17.3 Å². The molecule has 0 saturated carbocycles. The van der Waals surface area contributed by atoms with Crippen LogP contribution in [0.3, 0.4) is 0 Å². The molecule has 1 N–H and O–H groups in total. The third-order valence-corrected chi connectivity index (χ3v) is 4.46. The number of hydrazone groups is 1. The van der Waals surface area contributed by atoms with Crippen molar-refractivity contribution in [1.82, 2.24) is 15.2 Å². The Morgan fingerprint density at radius 2 is 2.08 bits per heavy atom. The summed E-state index contributed by atoms with van der Waals surface area (Å²) in [6.45, 7) is 7.06. The fraction of sp³-hybridized carbons (Fsp3) is 0.529. The number of alkyl halides is 3. The van der Waals surface area contributed by atoms with Crippen LogP contribution >= 0.6 is 0 Å². The highest BCUT2D eigenvalue weighted by molar-refractivity contribution is 5.86. The van der Waals surface area contributed by atoms with Crippen LogP contribution in [0.2, 0.25) is 0 Å². The zero-order valence-corrected chi connectivity index (χ0v) is 14.3. The molecule has 1 aromatic rings. The van der Waals surface area contributed by atoms with Crippen molar-refractivity contribution in [2.75, 3.05) is 26.2 Å². The number of nitrogens with one attached hydrogen (secondary N) is 1. The fourth-order valence-corrected chi connectivity index (χ4v) is 3.17. The quantitative estimate of drug-likeness (QED) is 0.787. The summed E-state index contributed by atoms with van der Waals surface area (Å²) in [5.41, 5.74) is 0.462. The molecule has 0 aliphatic carbocycles. The van der Waals surface area contributed by atoms with Crippen molar-refractivity contribution in [1.29, 1.82) is 0 Å². The summed E-state index contributed by atoms with van der Waals surface area (Å²) in [5.74, 6) is 0.696. The van der Waals surface area contributed by atoms with Gasteiger partial charge >= 0.3 is 6.18 Å². The smallest absolute Gasteiger partial charge is 0.340 e. The second-order valence-corrected chi connectivity index (χ2v) is 6.17. The molecule has 2 heterocycles. The lowest BCUT2D eigenvalue weighted by atomic mass is 10.0. The third kappa shape index (κ3) is 3.63. The largest absolute Gasteiger partial charge is 0.416 e. The Labute approximate surface area is 145 Å². The lowest BCUT2D eigenvalue weighted by Crippen LogP contribution is -2.45. The van der Waals surface area contributed by atoms with Crippen LogP contribution in [-0.4, -0.2) is 48.3 Å². The van der Waals surface area contributed by atoms with E-state index in [0.29, 0.717) is 17.2 Å². The van der Waals surface area contributed by atoms with Gasteiger partial charge in [-0.1, -0.05) is 0 Å². The highest BCUT2D eigenvalue weighted by atomic mass is 19.4. The SMILES string of the molecule is C/C=N\N1C(N2CCCNCC2)=Nc2ccc(C(F)(F)F)cc2C1C. The van der Waals surface area contributed by atoms with Gasteiger partial charge < -0.3 is 10.2 Å². The second kappa shape index (κ2) is 7.03. The minimum Gasteiger partial charge on any atom is -0.340 e. The number of halogens is 3. The van der Waals surface area contributed by atoms with Gasteiger partial charge in [-0.3, -0.25) is 0 Å². The monoisotopic (exact) mass is 353 g/mol. The van der Waals surface area contributed by atoms with E-state index in [-0.39, 0.29) is 6.04 Å². The van der Waals surface area contributed by atoms with Crippen LogP contribution in [0, 0.1) is 0 Å². The van der Waals surface area contributed by atoms with Gasteiger partial charge in [-0.25, -0.2) is 10.0 Å². The van der Waals surface area contributed by atoms with Crippen molar-refractivity contribution in [3.8, 4) is 0 Å². The van der Waals surface area contributed by atoms with Crippen molar-refractivity contribution in [2.24, 2.45) is 10.1 Å². The van der Waals surface area contributed by atoms with Crippen LogP contribution in [-0.2, 0) is 6.18 Å². The second-order valence-electron chi connectivity index (χ2n) is 6.17. The molecule has 0 bridgehead atoms. The van der Waals surface area contributed by atoms with E-state index < -0.39 is 11.7 Å². The number of rotatable bonds is 1. The fourth-order valence-electron chi connectivity index (χ4n) is 3.17. The lowest BCUT2D eigenvalue weighted by Gasteiger charge is -2.37. The van der Waals surface area contributed by atoms with E-state index in [0.717, 1.165) is 38.7 Å². The van der Waals surface area contributed by atoms with E-state index >= 15 is 0 Å². The average molecular weight is 353 g/mol. The lowest BCUT2D eigenvalue weighted by molar-refractivity contribution is -0.137. The number of hydrogen-bond acceptors (Lipinski definition) is 5. The first-order valence-corrected chi connectivity index (χ1v) is 8.45. The molecule has 5 nitrogen and oxygen atoms in total. The maximum Gasteiger partial charge on any atom is 0.416 e. The van der Waals surface area contributed by atoms with E-state index in [4.69, 9.17) is 0 Å². The first-order chi connectivity index (χ1) is 11.9. The van der Waals surface area contributed by atoms with E-state index in [1.165, 1.54) is 12.1 Å². The zero-order chi connectivity index (χ0) is 18.0. The van der Waals surface area contributed by atoms with Gasteiger partial charge in [-0.05, 0) is 45.0 Å². The Morgan fingerprint density at radius 1 is 1.28 bits per heavy atom. The normalized spacial score (nSPS) is 22.0. The number of benzene rings is 1. The molecule has 0 amide bonds. The Hall–Kier alpha value is -2.09. The molecule has 1 unspecified atom stereocenters. The van der Waals surface area contributed by atoms with Gasteiger partial charge in [-0.2, -0.15) is 18.3 Å². The van der Waals surface area contributed by atoms with Gasteiger partial charge in [0.2, 0.25) is 5.96 Å². The van der Waals surface area contributed by atoms with E-state index in [1.54, 1.807) is 18.1 Å². The first kappa shape index (κ1) is 17.7. The number of fused-ring (bicyclic) bond motifs is 1. The van der Waals surface area contributed by atoms with Gasteiger partial charge in [0.25, 0.3) is 0 Å². The number of guanidine groups is 1. The van der Waals surface area contributed by atoms with Crippen molar-refractivity contribution in [3.63, 3.8) is 0 Å². The molecule has 25 heavy (non-hydrogen) atoms. The van der Waals surface area contributed by atoms with E-state index in [1.807, 2.05) is 6.92 Å². The summed E-state index contributed by atoms with van der Waals surface area (Å²) in [6.07, 6.45) is -1.74. The summed E-state index contributed by atoms with van der Waals surface area (Å²) in [5, 5.41) is 9.43. The molecule has 2 aliphatic rings. The molecular weight excluding hydrogens is 331 g/mol. The maximum absolute atomic E-state index is 13.0. The Kier molecular flexibility index (Phi) is 4.99. The Morgan fingerprint density at radius 3 is 2.80 bits per heavy atom. The van der Waals surface area contributed by atoms with Crippen LogP contribution in [0.15, 0.2) is 28.3 Å². The summed E-state index contributed by atoms with van der Waals surface area (Å²) in [7, 11) is 0. The summed E-state index contributed by atoms with van der Waals surface area (Å²) in [4.78, 5) is 6.79. The van der Waals surface area contributed by atoms with Crippen molar-refractivity contribution < 1.29 is 13.2 Å². The molecule has 0 spiro atoms. The Balaban J connectivity index is 2.04. The molecule has 1 aromatic carbocycles. The van der Waals surface area contributed by atoms with Gasteiger partial charge in [0.1, 0.15) is 0 Å². The van der Waals surface area contributed by atoms with Gasteiger partial charge in [-0.15, -0.1) is 0 Å². The topological polar surface area (TPSA) is 43.2 Å². The average Bonchev–Trinajstić information content (AvgIpc) is 2.85. The standard InChI is InChI=1S/C17H22F3N5/c1-3-22-25-12(2)14-11-13(17(18,19)20)5-6-15(14)23-16(25)24-9-4-7-21-8-10-24/h3,5-6,11-12,21H,4,7-10H2,1-2H3/b22-3-. The van der Waals surface area contributed by atoms with E-state index in [9.17, 15) is 13.2 Å². The maximum atomic E-state index is 13.0. The van der Waals surface area contributed by atoms with Crippen LogP contribution < -0.4 is 5.32 Å². The van der Waals surface area contributed by atoms with Crippen LogP contribution in [0.5, 0.6) is 0 Å². The van der Waals surface area contributed by atoms with Crippen LogP contribution in [0.4, 0.5) is 18.9 Å². The summed E-state index contributed by atoms with van der Waals surface area (Å²) >= 11 is 0. The predicted molar refractivity (Wildman–Crippen MR) is 92.0 cm³/mol. The molecule has 0 aromatic heterocycles. The number of hydrogen-bond donors (Lipinski definition) is 1. The molecule has 8 heteroatoms. The zero-order valence-electron chi connectivity index (χ0n) is 14.3. The molecule has 2 aliphatic heterocycles. The molecular formula is C17H22F3N5. The molecule has 1 atom stereocenters. The molecule has 1 fully saturated rings. The Bertz CT molecular complexity index is 675. The molecule has 0 radical (unpaired) electrons. The van der Waals surface area contributed by atoms with Crippen molar-refractivity contribution in [2.45, 2.75) is 32.5 Å². The minimum atomic E-state index is -4.37. The van der Waals surface area contributed by atoms with Gasteiger partial charge in [0, 0.05) is 31.4 Å². The number of nitrogens with zero attached hydrogens (tertiary/aromatic N) is 4. The van der Waals surface area contributed by atoms with Crippen molar-refractivity contribution >= 4 is 17.9 Å². The third-order valence-electron chi connectivity index (χ3n) is 4.46. The van der Waals surface area contributed by atoms with Crippen molar-refractivity contribution in [3.05, 3.63) is 29.3 Å². The first-order valence-electron chi connectivity index (χ1n) is 8.45. The summed E-state index contributed by atoms with van der Waals surface area (Å²) in [6, 6.07) is 3.41.